The zero-order valence-electron chi connectivity index (χ0n) is 10.5. The number of nitrogens with one attached hydrogen (secondary N) is 1. The summed E-state index contributed by atoms with van der Waals surface area (Å²) in [5, 5.41) is 12.1. The lowest BCUT2D eigenvalue weighted by molar-refractivity contribution is 0.625. The third-order valence-corrected chi connectivity index (χ3v) is 2.64. The van der Waals surface area contributed by atoms with Gasteiger partial charge in [-0.2, -0.15) is 5.26 Å². The van der Waals surface area contributed by atoms with Crippen molar-refractivity contribution < 1.29 is 4.39 Å². The van der Waals surface area contributed by atoms with Crippen LogP contribution in [-0.2, 0) is 0 Å². The monoisotopic (exact) mass is 234 g/mol. The molecule has 0 heterocycles. The van der Waals surface area contributed by atoms with Crippen LogP contribution in [0.25, 0.3) is 0 Å². The van der Waals surface area contributed by atoms with Gasteiger partial charge >= 0.3 is 0 Å². The lowest BCUT2D eigenvalue weighted by Crippen LogP contribution is -2.17. The molecule has 0 saturated heterocycles. The van der Waals surface area contributed by atoms with Gasteiger partial charge in [-0.05, 0) is 37.1 Å². The van der Waals surface area contributed by atoms with Crippen LogP contribution in [0.3, 0.4) is 0 Å². The van der Waals surface area contributed by atoms with Gasteiger partial charge in [0.05, 0.1) is 6.07 Å². The predicted molar refractivity (Wildman–Crippen MR) is 68.3 cm³/mol. The molecule has 17 heavy (non-hydrogen) atoms. The third kappa shape index (κ3) is 4.86. The molecule has 0 aliphatic carbocycles. The van der Waals surface area contributed by atoms with Crippen LogP contribution < -0.4 is 5.32 Å². The average molecular weight is 234 g/mol. The molecule has 0 spiro atoms. The summed E-state index contributed by atoms with van der Waals surface area (Å²) in [7, 11) is 0. The molecule has 1 aromatic rings. The van der Waals surface area contributed by atoms with Crippen LogP contribution in [0.1, 0.15) is 38.2 Å². The summed E-state index contributed by atoms with van der Waals surface area (Å²) in [6.45, 7) is 3.97. The molecule has 0 bridgehead atoms. The molecule has 0 amide bonds. The number of nitrogens with zero attached hydrogens (tertiary/aromatic N) is 1. The smallest absolute Gasteiger partial charge is 0.125 e. The fourth-order valence-electron chi connectivity index (χ4n) is 1.79. The number of aryl methyl sites for hydroxylation is 1. The van der Waals surface area contributed by atoms with Gasteiger partial charge in [-0.25, -0.2) is 4.39 Å². The molecular weight excluding hydrogens is 215 g/mol. The van der Waals surface area contributed by atoms with Crippen molar-refractivity contribution in [2.24, 2.45) is 0 Å². The number of hydrogen-bond donors (Lipinski definition) is 1. The van der Waals surface area contributed by atoms with Crippen molar-refractivity contribution in [3.63, 3.8) is 0 Å². The molecule has 0 aliphatic rings. The van der Waals surface area contributed by atoms with Crippen LogP contribution in [-0.4, -0.2) is 6.04 Å². The number of nitriles is 1. The van der Waals surface area contributed by atoms with Crippen LogP contribution in [0.15, 0.2) is 18.2 Å². The van der Waals surface area contributed by atoms with E-state index in [1.807, 2.05) is 13.0 Å². The van der Waals surface area contributed by atoms with Crippen molar-refractivity contribution in [3.05, 3.63) is 29.6 Å². The maximum absolute atomic E-state index is 13.2. The summed E-state index contributed by atoms with van der Waals surface area (Å²) in [6, 6.07) is 6.74. The molecule has 3 heteroatoms. The van der Waals surface area contributed by atoms with E-state index in [9.17, 15) is 4.39 Å². The minimum atomic E-state index is -0.266. The van der Waals surface area contributed by atoms with E-state index in [1.165, 1.54) is 12.1 Å². The van der Waals surface area contributed by atoms with Gasteiger partial charge in [0.2, 0.25) is 0 Å². The zero-order chi connectivity index (χ0) is 12.7. The molecule has 0 radical (unpaired) electrons. The Labute approximate surface area is 102 Å². The van der Waals surface area contributed by atoms with Crippen LogP contribution >= 0.6 is 0 Å². The molecule has 1 aromatic carbocycles. The lowest BCUT2D eigenvalue weighted by Gasteiger charge is -2.13. The minimum absolute atomic E-state index is 0.234. The number of unbranched alkanes of at least 4 members (excludes halogenated alkanes) is 2. The van der Waals surface area contributed by atoms with Gasteiger partial charge in [0.25, 0.3) is 0 Å². The van der Waals surface area contributed by atoms with E-state index in [0.717, 1.165) is 31.2 Å². The first-order valence-electron chi connectivity index (χ1n) is 6.09. The molecular formula is C14H19FN2. The van der Waals surface area contributed by atoms with Crippen LogP contribution in [0.4, 0.5) is 10.1 Å². The highest BCUT2D eigenvalue weighted by atomic mass is 19.1. The molecule has 1 N–H and O–H groups in total. The van der Waals surface area contributed by atoms with E-state index >= 15 is 0 Å². The van der Waals surface area contributed by atoms with Crippen molar-refractivity contribution in [1.82, 2.24) is 0 Å². The maximum Gasteiger partial charge on any atom is 0.125 e. The first kappa shape index (κ1) is 13.5. The molecule has 1 unspecified atom stereocenters. The Morgan fingerprint density at radius 2 is 2.12 bits per heavy atom. The molecule has 0 saturated carbocycles. The standard InChI is InChI=1S/C14H19FN2/c1-3-4-5-6-13(10-16)17-14-8-11(2)7-12(15)9-14/h7-9,13,17H,3-6H2,1-2H3. The van der Waals surface area contributed by atoms with Gasteiger partial charge in [-0.3, -0.25) is 0 Å². The molecule has 0 aliphatic heterocycles. The van der Waals surface area contributed by atoms with Gasteiger partial charge in [0, 0.05) is 5.69 Å². The number of halogens is 1. The highest BCUT2D eigenvalue weighted by molar-refractivity contribution is 5.47. The fourth-order valence-corrected chi connectivity index (χ4v) is 1.79. The number of anilines is 1. The molecule has 0 fully saturated rings. The summed E-state index contributed by atoms with van der Waals surface area (Å²) < 4.78 is 13.2. The second-order valence-electron chi connectivity index (χ2n) is 4.34. The van der Waals surface area contributed by atoms with E-state index < -0.39 is 0 Å². The Balaban J connectivity index is 2.58. The predicted octanol–water partition coefficient (Wildman–Crippen LogP) is 4.02. The quantitative estimate of drug-likeness (QED) is 0.755. The second-order valence-corrected chi connectivity index (χ2v) is 4.34. The molecule has 92 valence electrons. The second kappa shape index (κ2) is 6.90. The van der Waals surface area contributed by atoms with Crippen LogP contribution in [0, 0.1) is 24.1 Å². The first-order valence-corrected chi connectivity index (χ1v) is 6.09. The maximum atomic E-state index is 13.2. The van der Waals surface area contributed by atoms with Gasteiger partial charge in [-0.1, -0.05) is 26.2 Å². The number of rotatable bonds is 6. The molecule has 0 aromatic heterocycles. The summed E-state index contributed by atoms with van der Waals surface area (Å²) >= 11 is 0. The van der Waals surface area contributed by atoms with Crippen molar-refractivity contribution in [1.29, 1.82) is 5.26 Å². The largest absolute Gasteiger partial charge is 0.370 e. The normalized spacial score (nSPS) is 11.9. The summed E-state index contributed by atoms with van der Waals surface area (Å²) in [5.41, 5.74) is 1.54. The van der Waals surface area contributed by atoms with Crippen LogP contribution in [0.2, 0.25) is 0 Å². The van der Waals surface area contributed by atoms with Crippen molar-refractivity contribution >= 4 is 5.69 Å². The summed E-state index contributed by atoms with van der Waals surface area (Å²) in [6.07, 6.45) is 4.09. The van der Waals surface area contributed by atoms with Gasteiger partial charge in [0.1, 0.15) is 11.9 Å². The topological polar surface area (TPSA) is 35.8 Å². The SMILES string of the molecule is CCCCCC(C#N)Nc1cc(C)cc(F)c1. The Bertz CT molecular complexity index is 375. The highest BCUT2D eigenvalue weighted by Gasteiger charge is 2.07. The molecule has 1 rings (SSSR count). The zero-order valence-corrected chi connectivity index (χ0v) is 10.5. The number of benzene rings is 1. The van der Waals surface area contributed by atoms with E-state index in [1.54, 1.807) is 0 Å². The summed E-state index contributed by atoms with van der Waals surface area (Å²) in [4.78, 5) is 0. The minimum Gasteiger partial charge on any atom is -0.370 e. The fraction of sp³-hybridized carbons (Fsp3) is 0.500. The van der Waals surface area contributed by atoms with E-state index in [2.05, 4.69) is 18.3 Å². The molecule has 1 atom stereocenters. The van der Waals surface area contributed by atoms with Gasteiger partial charge in [0.15, 0.2) is 0 Å². The van der Waals surface area contributed by atoms with Crippen molar-refractivity contribution in [3.8, 4) is 6.07 Å². The first-order chi connectivity index (χ1) is 8.15. The van der Waals surface area contributed by atoms with E-state index in [4.69, 9.17) is 5.26 Å². The number of hydrogen-bond acceptors (Lipinski definition) is 2. The van der Waals surface area contributed by atoms with Gasteiger partial charge in [-0.15, -0.1) is 0 Å². The van der Waals surface area contributed by atoms with Crippen molar-refractivity contribution in [2.45, 2.75) is 45.6 Å². The Kier molecular flexibility index (Phi) is 5.48. The van der Waals surface area contributed by atoms with Gasteiger partial charge < -0.3 is 5.32 Å². The summed E-state index contributed by atoms with van der Waals surface area (Å²) in [5.74, 6) is -0.266. The average Bonchev–Trinajstić information content (AvgIpc) is 2.26. The van der Waals surface area contributed by atoms with E-state index in [-0.39, 0.29) is 11.9 Å². The highest BCUT2D eigenvalue weighted by Crippen LogP contribution is 2.16. The lowest BCUT2D eigenvalue weighted by atomic mass is 10.1. The van der Waals surface area contributed by atoms with Crippen LogP contribution in [0.5, 0.6) is 0 Å². The van der Waals surface area contributed by atoms with Crippen molar-refractivity contribution in [2.75, 3.05) is 5.32 Å². The van der Waals surface area contributed by atoms with E-state index in [0.29, 0.717) is 5.69 Å². The third-order valence-electron chi connectivity index (χ3n) is 2.64. The molecule has 2 nitrogen and oxygen atoms in total. The Morgan fingerprint density at radius 1 is 1.35 bits per heavy atom. The Morgan fingerprint density at radius 3 is 2.71 bits per heavy atom. The Hall–Kier alpha value is -1.56.